The number of nitrogens with one attached hydrogen (secondary N) is 1. The molecule has 1 aromatic heterocycles. The highest BCUT2D eigenvalue weighted by molar-refractivity contribution is 7.16. The summed E-state index contributed by atoms with van der Waals surface area (Å²) in [7, 11) is 0. The van der Waals surface area contributed by atoms with Gasteiger partial charge in [0.25, 0.3) is 0 Å². The Bertz CT molecular complexity index is 538. The number of aryl methyl sites for hydroxylation is 1. The van der Waals surface area contributed by atoms with Gasteiger partial charge < -0.3 is 5.32 Å². The number of rotatable bonds is 5. The fourth-order valence-electron chi connectivity index (χ4n) is 1.85. The van der Waals surface area contributed by atoms with Gasteiger partial charge in [0.2, 0.25) is 5.91 Å². The van der Waals surface area contributed by atoms with E-state index in [0.29, 0.717) is 6.42 Å². The Balaban J connectivity index is 1.81. The molecular weight excluding hydrogens is 278 g/mol. The molecule has 4 heteroatoms. The Hall–Kier alpha value is -1.32. The molecule has 1 heterocycles. The summed E-state index contributed by atoms with van der Waals surface area (Å²) in [5, 5.41) is 2.99. The lowest BCUT2D eigenvalue weighted by Gasteiger charge is -2.12. The smallest absolute Gasteiger partial charge is 0.220 e. The van der Waals surface area contributed by atoms with E-state index >= 15 is 0 Å². The number of hydrogen-bond acceptors (Lipinski definition) is 2. The van der Waals surface area contributed by atoms with Crippen LogP contribution in [0.2, 0.25) is 4.34 Å². The number of carbonyl (C=O) groups is 1. The van der Waals surface area contributed by atoms with Crippen LogP contribution in [0, 0.1) is 0 Å². The van der Waals surface area contributed by atoms with E-state index in [1.54, 1.807) is 0 Å². The summed E-state index contributed by atoms with van der Waals surface area (Å²) >= 11 is 7.39. The summed E-state index contributed by atoms with van der Waals surface area (Å²) in [4.78, 5) is 12.9. The van der Waals surface area contributed by atoms with Gasteiger partial charge in [-0.1, -0.05) is 41.9 Å². The van der Waals surface area contributed by atoms with Crippen molar-refractivity contribution >= 4 is 28.8 Å². The molecule has 2 rings (SSSR count). The molecule has 2 aromatic rings. The lowest BCUT2D eigenvalue weighted by Crippen LogP contribution is -2.26. The molecule has 100 valence electrons. The first-order valence-electron chi connectivity index (χ1n) is 6.23. The van der Waals surface area contributed by atoms with Crippen molar-refractivity contribution in [1.29, 1.82) is 0 Å². The summed E-state index contributed by atoms with van der Waals surface area (Å²) < 4.78 is 0.750. The highest BCUT2D eigenvalue weighted by atomic mass is 35.5. The molecule has 2 nitrogen and oxygen atoms in total. The van der Waals surface area contributed by atoms with Crippen LogP contribution < -0.4 is 5.32 Å². The summed E-state index contributed by atoms with van der Waals surface area (Å²) in [5.74, 6) is 0.0703. The van der Waals surface area contributed by atoms with E-state index in [-0.39, 0.29) is 11.9 Å². The first-order chi connectivity index (χ1) is 9.15. The van der Waals surface area contributed by atoms with E-state index in [4.69, 9.17) is 11.6 Å². The molecule has 19 heavy (non-hydrogen) atoms. The van der Waals surface area contributed by atoms with Crippen LogP contribution in [0.4, 0.5) is 0 Å². The molecule has 1 unspecified atom stereocenters. The summed E-state index contributed by atoms with van der Waals surface area (Å²) in [5.41, 5.74) is 1.18. The Morgan fingerprint density at radius 1 is 1.26 bits per heavy atom. The molecule has 0 aliphatic rings. The van der Waals surface area contributed by atoms with Gasteiger partial charge >= 0.3 is 0 Å². The van der Waals surface area contributed by atoms with E-state index in [0.717, 1.165) is 15.6 Å². The van der Waals surface area contributed by atoms with Crippen molar-refractivity contribution in [3.05, 3.63) is 57.2 Å². The Morgan fingerprint density at radius 3 is 2.63 bits per heavy atom. The first-order valence-corrected chi connectivity index (χ1v) is 7.43. The molecule has 1 atom stereocenters. The highest BCUT2D eigenvalue weighted by Gasteiger charge is 2.11. The van der Waals surface area contributed by atoms with E-state index in [1.165, 1.54) is 16.9 Å². The van der Waals surface area contributed by atoms with Crippen LogP contribution >= 0.6 is 22.9 Å². The van der Waals surface area contributed by atoms with Crippen LogP contribution in [0.5, 0.6) is 0 Å². The molecule has 1 amide bonds. The minimum atomic E-state index is 0.0146. The van der Waals surface area contributed by atoms with Crippen LogP contribution in [-0.4, -0.2) is 5.91 Å². The second-order valence-electron chi connectivity index (χ2n) is 4.42. The third-order valence-electron chi connectivity index (χ3n) is 2.88. The SMILES string of the molecule is CC(NC(=O)CCc1ccccc1)c1ccc(Cl)s1. The van der Waals surface area contributed by atoms with Crippen molar-refractivity contribution < 1.29 is 4.79 Å². The average molecular weight is 294 g/mol. The minimum Gasteiger partial charge on any atom is -0.349 e. The standard InChI is InChI=1S/C15H16ClNOS/c1-11(13-8-9-14(16)19-13)17-15(18)10-7-12-5-3-2-4-6-12/h2-6,8-9,11H,7,10H2,1H3,(H,17,18). The third kappa shape index (κ3) is 4.37. The summed E-state index contributed by atoms with van der Waals surface area (Å²) in [6.07, 6.45) is 1.28. The first kappa shape index (κ1) is 14.1. The molecular formula is C15H16ClNOS. The molecule has 0 fully saturated rings. The molecule has 0 spiro atoms. The monoisotopic (exact) mass is 293 g/mol. The zero-order valence-corrected chi connectivity index (χ0v) is 12.3. The van der Waals surface area contributed by atoms with Gasteiger partial charge in [-0.2, -0.15) is 0 Å². The largest absolute Gasteiger partial charge is 0.349 e. The lowest BCUT2D eigenvalue weighted by molar-refractivity contribution is -0.121. The summed E-state index contributed by atoms with van der Waals surface area (Å²) in [6.45, 7) is 1.97. The molecule has 0 radical (unpaired) electrons. The maximum Gasteiger partial charge on any atom is 0.220 e. The fourth-order valence-corrected chi connectivity index (χ4v) is 2.91. The predicted molar refractivity (Wildman–Crippen MR) is 80.6 cm³/mol. The Labute approximate surface area is 122 Å². The maximum absolute atomic E-state index is 11.9. The van der Waals surface area contributed by atoms with Gasteiger partial charge in [0.1, 0.15) is 0 Å². The van der Waals surface area contributed by atoms with Gasteiger partial charge in [-0.05, 0) is 31.0 Å². The van der Waals surface area contributed by atoms with Gasteiger partial charge in [0.15, 0.2) is 0 Å². The lowest BCUT2D eigenvalue weighted by atomic mass is 10.1. The molecule has 0 saturated carbocycles. The number of amides is 1. The predicted octanol–water partition coefficient (Wildman–Crippen LogP) is 4.21. The topological polar surface area (TPSA) is 29.1 Å². The zero-order chi connectivity index (χ0) is 13.7. The second kappa shape index (κ2) is 6.73. The number of carbonyl (C=O) groups excluding carboxylic acids is 1. The van der Waals surface area contributed by atoms with E-state index in [2.05, 4.69) is 5.32 Å². The van der Waals surface area contributed by atoms with Crippen LogP contribution in [0.1, 0.15) is 29.8 Å². The maximum atomic E-state index is 11.9. The van der Waals surface area contributed by atoms with Crippen molar-refractivity contribution in [2.24, 2.45) is 0 Å². The molecule has 1 aromatic carbocycles. The molecule has 0 aliphatic carbocycles. The van der Waals surface area contributed by atoms with E-state index in [1.807, 2.05) is 49.4 Å². The summed E-state index contributed by atoms with van der Waals surface area (Å²) in [6, 6.07) is 13.9. The average Bonchev–Trinajstić information content (AvgIpc) is 2.84. The van der Waals surface area contributed by atoms with E-state index < -0.39 is 0 Å². The van der Waals surface area contributed by atoms with E-state index in [9.17, 15) is 4.79 Å². The number of benzene rings is 1. The highest BCUT2D eigenvalue weighted by Crippen LogP contribution is 2.26. The third-order valence-corrected chi connectivity index (χ3v) is 4.30. The van der Waals surface area contributed by atoms with Crippen molar-refractivity contribution in [1.82, 2.24) is 5.32 Å². The number of hydrogen-bond donors (Lipinski definition) is 1. The Kier molecular flexibility index (Phi) is 5.00. The molecule has 0 aliphatic heterocycles. The number of thiophene rings is 1. The fraction of sp³-hybridized carbons (Fsp3) is 0.267. The van der Waals surface area contributed by atoms with Gasteiger partial charge in [0.05, 0.1) is 10.4 Å². The van der Waals surface area contributed by atoms with Gasteiger partial charge in [0, 0.05) is 11.3 Å². The van der Waals surface area contributed by atoms with Crippen molar-refractivity contribution in [3.8, 4) is 0 Å². The second-order valence-corrected chi connectivity index (χ2v) is 6.16. The van der Waals surface area contributed by atoms with Crippen LogP contribution in [0.25, 0.3) is 0 Å². The van der Waals surface area contributed by atoms with Gasteiger partial charge in [-0.15, -0.1) is 11.3 Å². The number of halogens is 1. The van der Waals surface area contributed by atoms with Crippen LogP contribution in [0.3, 0.4) is 0 Å². The molecule has 1 N–H and O–H groups in total. The zero-order valence-electron chi connectivity index (χ0n) is 10.7. The van der Waals surface area contributed by atoms with Crippen molar-refractivity contribution in [2.75, 3.05) is 0 Å². The van der Waals surface area contributed by atoms with Crippen LogP contribution in [-0.2, 0) is 11.2 Å². The minimum absolute atomic E-state index is 0.0146. The van der Waals surface area contributed by atoms with Gasteiger partial charge in [-0.25, -0.2) is 0 Å². The Morgan fingerprint density at radius 2 is 2.00 bits per heavy atom. The van der Waals surface area contributed by atoms with Crippen LogP contribution in [0.15, 0.2) is 42.5 Å². The molecule has 0 saturated heterocycles. The van der Waals surface area contributed by atoms with Crippen molar-refractivity contribution in [3.63, 3.8) is 0 Å². The normalized spacial score (nSPS) is 12.1. The quantitative estimate of drug-likeness (QED) is 0.879. The molecule has 0 bridgehead atoms. The van der Waals surface area contributed by atoms with Crippen molar-refractivity contribution in [2.45, 2.75) is 25.8 Å². The van der Waals surface area contributed by atoms with Gasteiger partial charge in [-0.3, -0.25) is 4.79 Å².